The highest BCUT2D eigenvalue weighted by Gasteiger charge is 2.19. The molecule has 0 saturated carbocycles. The van der Waals surface area contributed by atoms with Gasteiger partial charge in [0.2, 0.25) is 5.91 Å². The van der Waals surface area contributed by atoms with E-state index in [1.165, 1.54) is 11.3 Å². The van der Waals surface area contributed by atoms with Gasteiger partial charge in [0.1, 0.15) is 5.75 Å². The maximum absolute atomic E-state index is 11.5. The molecule has 2 heterocycles. The summed E-state index contributed by atoms with van der Waals surface area (Å²) in [5.41, 5.74) is 5.38. The van der Waals surface area contributed by atoms with Crippen molar-refractivity contribution in [2.45, 2.75) is 13.8 Å². The van der Waals surface area contributed by atoms with Crippen LogP contribution in [0.15, 0.2) is 48.5 Å². The molecule has 0 spiro atoms. The molecule has 0 bridgehead atoms. The quantitative estimate of drug-likeness (QED) is 0.697. The SMILES string of the molecule is COc1cccc(-c2cc(C)c3cc(N4CCN(C(C)=O)CC4)ccc3n2)c1. The Labute approximate surface area is 165 Å². The minimum absolute atomic E-state index is 0.156. The number of methoxy groups -OCH3 is 1. The molecule has 1 amide bonds. The number of fused-ring (bicyclic) bond motifs is 1. The summed E-state index contributed by atoms with van der Waals surface area (Å²) in [6, 6.07) is 16.6. The van der Waals surface area contributed by atoms with Gasteiger partial charge in [0.15, 0.2) is 0 Å². The number of amides is 1. The highest BCUT2D eigenvalue weighted by atomic mass is 16.5. The fraction of sp³-hybridized carbons (Fsp3) is 0.304. The van der Waals surface area contributed by atoms with Crippen LogP contribution in [0.25, 0.3) is 22.2 Å². The number of pyridine rings is 1. The summed E-state index contributed by atoms with van der Waals surface area (Å²) >= 11 is 0. The van der Waals surface area contributed by atoms with Gasteiger partial charge in [-0.05, 0) is 48.9 Å². The van der Waals surface area contributed by atoms with Gasteiger partial charge in [0.25, 0.3) is 0 Å². The highest BCUT2D eigenvalue weighted by molar-refractivity contribution is 5.88. The largest absolute Gasteiger partial charge is 0.497 e. The molecule has 1 aliphatic heterocycles. The Morgan fingerprint density at radius 2 is 1.82 bits per heavy atom. The number of hydrogen-bond donors (Lipinski definition) is 0. The van der Waals surface area contributed by atoms with E-state index in [0.717, 1.165) is 54.1 Å². The van der Waals surface area contributed by atoms with Crippen molar-refractivity contribution < 1.29 is 9.53 Å². The molecule has 28 heavy (non-hydrogen) atoms. The second kappa shape index (κ2) is 7.50. The molecule has 0 atom stereocenters. The third-order valence-electron chi connectivity index (χ3n) is 5.45. The van der Waals surface area contributed by atoms with Crippen molar-refractivity contribution in [3.63, 3.8) is 0 Å². The van der Waals surface area contributed by atoms with Gasteiger partial charge in [-0.1, -0.05) is 12.1 Å². The Morgan fingerprint density at radius 1 is 1.04 bits per heavy atom. The van der Waals surface area contributed by atoms with E-state index in [-0.39, 0.29) is 5.91 Å². The van der Waals surface area contributed by atoms with Crippen molar-refractivity contribution in [3.8, 4) is 17.0 Å². The van der Waals surface area contributed by atoms with Crippen LogP contribution in [0.4, 0.5) is 5.69 Å². The lowest BCUT2D eigenvalue weighted by molar-refractivity contribution is -0.129. The van der Waals surface area contributed by atoms with Gasteiger partial charge < -0.3 is 14.5 Å². The molecule has 0 aliphatic carbocycles. The summed E-state index contributed by atoms with van der Waals surface area (Å²) in [4.78, 5) is 20.7. The van der Waals surface area contributed by atoms with Gasteiger partial charge in [0, 0.05) is 49.7 Å². The first kappa shape index (κ1) is 18.3. The summed E-state index contributed by atoms with van der Waals surface area (Å²) in [5.74, 6) is 0.986. The molecule has 3 aromatic rings. The zero-order valence-corrected chi connectivity index (χ0v) is 16.6. The fourth-order valence-electron chi connectivity index (χ4n) is 3.79. The molecule has 1 aliphatic rings. The van der Waals surface area contributed by atoms with Crippen LogP contribution in [0.3, 0.4) is 0 Å². The van der Waals surface area contributed by atoms with Crippen molar-refractivity contribution in [1.29, 1.82) is 0 Å². The van der Waals surface area contributed by atoms with Gasteiger partial charge >= 0.3 is 0 Å². The minimum Gasteiger partial charge on any atom is -0.497 e. The van der Waals surface area contributed by atoms with E-state index in [2.05, 4.69) is 42.2 Å². The zero-order chi connectivity index (χ0) is 19.7. The van der Waals surface area contributed by atoms with E-state index in [0.29, 0.717) is 0 Å². The predicted octanol–water partition coefficient (Wildman–Crippen LogP) is 3.89. The number of rotatable bonds is 3. The topological polar surface area (TPSA) is 45.7 Å². The molecular formula is C23H25N3O2. The molecule has 1 saturated heterocycles. The Kier molecular flexibility index (Phi) is 4.90. The molecule has 2 aromatic carbocycles. The van der Waals surface area contributed by atoms with Crippen LogP contribution in [0, 0.1) is 6.92 Å². The molecule has 0 radical (unpaired) electrons. The van der Waals surface area contributed by atoms with Crippen LogP contribution in [-0.2, 0) is 4.79 Å². The molecule has 144 valence electrons. The summed E-state index contributed by atoms with van der Waals surface area (Å²) in [6.07, 6.45) is 0. The van der Waals surface area contributed by atoms with Crippen molar-refractivity contribution in [2.75, 3.05) is 38.2 Å². The number of carbonyl (C=O) groups excluding carboxylic acids is 1. The second-order valence-electron chi connectivity index (χ2n) is 7.25. The number of hydrogen-bond acceptors (Lipinski definition) is 4. The molecule has 1 aromatic heterocycles. The number of ether oxygens (including phenoxy) is 1. The standard InChI is InChI=1S/C23H25N3O2/c1-16-13-23(18-5-4-6-20(14-18)28-3)24-22-8-7-19(15-21(16)22)26-11-9-25(10-12-26)17(2)27/h4-8,13-15H,9-12H2,1-3H3. The van der Waals surface area contributed by atoms with Crippen LogP contribution in [0.1, 0.15) is 12.5 Å². The van der Waals surface area contributed by atoms with E-state index in [9.17, 15) is 4.79 Å². The van der Waals surface area contributed by atoms with Gasteiger partial charge in [0.05, 0.1) is 18.3 Å². The third kappa shape index (κ3) is 3.52. The number of anilines is 1. The van der Waals surface area contributed by atoms with E-state index >= 15 is 0 Å². The van der Waals surface area contributed by atoms with Gasteiger partial charge in [-0.2, -0.15) is 0 Å². The van der Waals surface area contributed by atoms with Crippen molar-refractivity contribution in [1.82, 2.24) is 9.88 Å². The summed E-state index contributed by atoms with van der Waals surface area (Å²) < 4.78 is 5.34. The summed E-state index contributed by atoms with van der Waals surface area (Å²) in [5, 5.41) is 1.16. The minimum atomic E-state index is 0.156. The van der Waals surface area contributed by atoms with Crippen molar-refractivity contribution in [2.24, 2.45) is 0 Å². The van der Waals surface area contributed by atoms with Crippen molar-refractivity contribution in [3.05, 3.63) is 54.1 Å². The smallest absolute Gasteiger partial charge is 0.219 e. The number of aromatic nitrogens is 1. The van der Waals surface area contributed by atoms with E-state index in [4.69, 9.17) is 9.72 Å². The Bertz CT molecular complexity index is 1020. The van der Waals surface area contributed by atoms with E-state index < -0.39 is 0 Å². The van der Waals surface area contributed by atoms with Crippen LogP contribution < -0.4 is 9.64 Å². The first-order valence-corrected chi connectivity index (χ1v) is 9.61. The summed E-state index contributed by atoms with van der Waals surface area (Å²) in [6.45, 7) is 7.05. The Morgan fingerprint density at radius 3 is 2.54 bits per heavy atom. The van der Waals surface area contributed by atoms with Crippen LogP contribution in [-0.4, -0.2) is 49.1 Å². The maximum atomic E-state index is 11.5. The number of piperazine rings is 1. The monoisotopic (exact) mass is 375 g/mol. The van der Waals surface area contributed by atoms with Gasteiger partial charge in [-0.3, -0.25) is 4.79 Å². The molecule has 1 fully saturated rings. The Balaban J connectivity index is 1.64. The van der Waals surface area contributed by atoms with Gasteiger partial charge in [-0.15, -0.1) is 0 Å². The zero-order valence-electron chi connectivity index (χ0n) is 16.6. The molecule has 5 heteroatoms. The lowest BCUT2D eigenvalue weighted by Crippen LogP contribution is -2.48. The number of aryl methyl sites for hydroxylation is 1. The lowest BCUT2D eigenvalue weighted by atomic mass is 10.0. The lowest BCUT2D eigenvalue weighted by Gasteiger charge is -2.35. The van der Waals surface area contributed by atoms with E-state index in [1.807, 2.05) is 23.1 Å². The average Bonchev–Trinajstić information content (AvgIpc) is 2.73. The second-order valence-corrected chi connectivity index (χ2v) is 7.25. The maximum Gasteiger partial charge on any atom is 0.219 e. The molecular weight excluding hydrogens is 350 g/mol. The molecule has 0 unspecified atom stereocenters. The van der Waals surface area contributed by atoms with Crippen LogP contribution >= 0.6 is 0 Å². The summed E-state index contributed by atoms with van der Waals surface area (Å²) in [7, 11) is 1.68. The molecule has 5 nitrogen and oxygen atoms in total. The fourth-order valence-corrected chi connectivity index (χ4v) is 3.79. The highest BCUT2D eigenvalue weighted by Crippen LogP contribution is 2.29. The predicted molar refractivity (Wildman–Crippen MR) is 113 cm³/mol. The van der Waals surface area contributed by atoms with E-state index in [1.54, 1.807) is 14.0 Å². The number of carbonyl (C=O) groups is 1. The number of nitrogens with zero attached hydrogens (tertiary/aromatic N) is 3. The van der Waals surface area contributed by atoms with Crippen LogP contribution in [0.2, 0.25) is 0 Å². The van der Waals surface area contributed by atoms with Gasteiger partial charge in [-0.25, -0.2) is 4.98 Å². The van der Waals surface area contributed by atoms with Crippen LogP contribution in [0.5, 0.6) is 5.75 Å². The molecule has 4 rings (SSSR count). The molecule has 0 N–H and O–H groups in total. The number of benzene rings is 2. The first-order valence-electron chi connectivity index (χ1n) is 9.61. The van der Waals surface area contributed by atoms with Crippen molar-refractivity contribution >= 4 is 22.5 Å². The first-order chi connectivity index (χ1) is 13.5. The normalized spacial score (nSPS) is 14.4. The average molecular weight is 375 g/mol. The third-order valence-corrected chi connectivity index (χ3v) is 5.45. The Hall–Kier alpha value is -3.08.